The fraction of sp³-hybridized carbons (Fsp3) is 1.00. The summed E-state index contributed by atoms with van der Waals surface area (Å²) < 4.78 is 0. The van der Waals surface area contributed by atoms with Gasteiger partial charge in [-0.15, -0.1) is 0 Å². The summed E-state index contributed by atoms with van der Waals surface area (Å²) in [4.78, 5) is 2.52. The van der Waals surface area contributed by atoms with Crippen molar-refractivity contribution in [2.75, 3.05) is 26.2 Å². The Hall–Kier alpha value is -0.0800. The molecule has 2 heteroatoms. The molecule has 0 fully saturated rings. The molecule has 14 heavy (non-hydrogen) atoms. The predicted molar refractivity (Wildman–Crippen MR) is 64.5 cm³/mol. The van der Waals surface area contributed by atoms with Gasteiger partial charge in [0.1, 0.15) is 0 Å². The third kappa shape index (κ3) is 6.39. The summed E-state index contributed by atoms with van der Waals surface area (Å²) in [6.45, 7) is 13.4. The molecule has 2 N–H and O–H groups in total. The van der Waals surface area contributed by atoms with Gasteiger partial charge in [-0.25, -0.2) is 0 Å². The highest BCUT2D eigenvalue weighted by Gasteiger charge is 2.15. The molecule has 0 spiro atoms. The molecule has 0 radical (unpaired) electrons. The highest BCUT2D eigenvalue weighted by molar-refractivity contribution is 4.70. The molecule has 0 rings (SSSR count). The second-order valence-corrected chi connectivity index (χ2v) is 4.91. The van der Waals surface area contributed by atoms with Crippen LogP contribution in [0.4, 0.5) is 0 Å². The third-order valence-electron chi connectivity index (χ3n) is 2.87. The molecule has 0 aliphatic carbocycles. The van der Waals surface area contributed by atoms with Crippen LogP contribution in [0.25, 0.3) is 0 Å². The second kappa shape index (κ2) is 7.24. The van der Waals surface area contributed by atoms with Crippen molar-refractivity contribution >= 4 is 0 Å². The second-order valence-electron chi connectivity index (χ2n) is 4.91. The normalized spacial score (nSPS) is 12.4. The maximum absolute atomic E-state index is 5.70. The summed E-state index contributed by atoms with van der Waals surface area (Å²) in [6, 6.07) is 0. The van der Waals surface area contributed by atoms with Crippen molar-refractivity contribution in [3.05, 3.63) is 0 Å². The zero-order valence-corrected chi connectivity index (χ0v) is 10.5. The Kier molecular flexibility index (Phi) is 7.20. The van der Waals surface area contributed by atoms with Crippen LogP contribution in [0.2, 0.25) is 0 Å². The Labute approximate surface area is 89.9 Å². The van der Waals surface area contributed by atoms with Crippen LogP contribution in [0.5, 0.6) is 0 Å². The first kappa shape index (κ1) is 13.9. The number of rotatable bonds is 8. The van der Waals surface area contributed by atoms with E-state index in [9.17, 15) is 0 Å². The molecule has 0 atom stereocenters. The smallest absolute Gasteiger partial charge is 0.00186 e. The number of nitrogens with zero attached hydrogens (tertiary/aromatic N) is 1. The van der Waals surface area contributed by atoms with Crippen molar-refractivity contribution in [3.63, 3.8) is 0 Å². The summed E-state index contributed by atoms with van der Waals surface area (Å²) in [5, 5.41) is 0. The SMILES string of the molecule is CCCN(CC)CCCC(C)(C)CN. The van der Waals surface area contributed by atoms with Gasteiger partial charge in [-0.2, -0.15) is 0 Å². The average Bonchev–Trinajstić information content (AvgIpc) is 2.16. The first-order valence-corrected chi connectivity index (χ1v) is 5.98. The Morgan fingerprint density at radius 1 is 1.14 bits per heavy atom. The summed E-state index contributed by atoms with van der Waals surface area (Å²) in [6.07, 6.45) is 3.77. The van der Waals surface area contributed by atoms with Crippen LogP contribution < -0.4 is 5.73 Å². The molecule has 0 aromatic carbocycles. The van der Waals surface area contributed by atoms with Crippen LogP contribution in [0.3, 0.4) is 0 Å². The molecule has 0 amide bonds. The zero-order chi connectivity index (χ0) is 11.0. The lowest BCUT2D eigenvalue weighted by molar-refractivity contribution is 0.252. The first-order valence-electron chi connectivity index (χ1n) is 5.98. The monoisotopic (exact) mass is 200 g/mol. The lowest BCUT2D eigenvalue weighted by Gasteiger charge is -2.25. The van der Waals surface area contributed by atoms with E-state index in [-0.39, 0.29) is 0 Å². The van der Waals surface area contributed by atoms with Gasteiger partial charge in [-0.1, -0.05) is 27.7 Å². The Morgan fingerprint density at radius 2 is 1.79 bits per heavy atom. The Bertz CT molecular complexity index is 132. The van der Waals surface area contributed by atoms with E-state index in [4.69, 9.17) is 5.73 Å². The topological polar surface area (TPSA) is 29.3 Å². The van der Waals surface area contributed by atoms with Gasteiger partial charge >= 0.3 is 0 Å². The summed E-state index contributed by atoms with van der Waals surface area (Å²) >= 11 is 0. The van der Waals surface area contributed by atoms with E-state index >= 15 is 0 Å². The first-order chi connectivity index (χ1) is 6.55. The molecule has 0 saturated carbocycles. The van der Waals surface area contributed by atoms with Crippen LogP contribution in [0, 0.1) is 5.41 Å². The van der Waals surface area contributed by atoms with Crippen molar-refractivity contribution in [3.8, 4) is 0 Å². The van der Waals surface area contributed by atoms with Crippen molar-refractivity contribution in [2.24, 2.45) is 11.1 Å². The summed E-state index contributed by atoms with van der Waals surface area (Å²) in [7, 11) is 0. The molecule has 0 aliphatic rings. The van der Waals surface area contributed by atoms with Crippen molar-refractivity contribution in [1.29, 1.82) is 0 Å². The molecule has 0 aliphatic heterocycles. The van der Waals surface area contributed by atoms with Crippen LogP contribution >= 0.6 is 0 Å². The van der Waals surface area contributed by atoms with Crippen molar-refractivity contribution < 1.29 is 0 Å². The van der Waals surface area contributed by atoms with Gasteiger partial charge in [0.2, 0.25) is 0 Å². The largest absolute Gasteiger partial charge is 0.330 e. The minimum atomic E-state index is 0.325. The Morgan fingerprint density at radius 3 is 2.21 bits per heavy atom. The van der Waals surface area contributed by atoms with Gasteiger partial charge in [0.25, 0.3) is 0 Å². The molecule has 0 heterocycles. The average molecular weight is 200 g/mol. The highest BCUT2D eigenvalue weighted by Crippen LogP contribution is 2.20. The van der Waals surface area contributed by atoms with Crippen LogP contribution in [-0.2, 0) is 0 Å². The van der Waals surface area contributed by atoms with E-state index in [1.54, 1.807) is 0 Å². The van der Waals surface area contributed by atoms with Crippen LogP contribution in [0.15, 0.2) is 0 Å². The van der Waals surface area contributed by atoms with E-state index in [0.717, 1.165) is 6.54 Å². The van der Waals surface area contributed by atoms with E-state index in [1.165, 1.54) is 38.9 Å². The van der Waals surface area contributed by atoms with Gasteiger partial charge in [0.05, 0.1) is 0 Å². The number of nitrogens with two attached hydrogens (primary N) is 1. The van der Waals surface area contributed by atoms with E-state index in [1.807, 2.05) is 0 Å². The molecule has 0 bridgehead atoms. The molecule has 0 saturated heterocycles. The van der Waals surface area contributed by atoms with Crippen LogP contribution in [0.1, 0.15) is 47.0 Å². The molecule has 0 aromatic heterocycles. The fourth-order valence-electron chi connectivity index (χ4n) is 1.63. The number of hydrogen-bond acceptors (Lipinski definition) is 2. The van der Waals surface area contributed by atoms with Gasteiger partial charge in [0, 0.05) is 0 Å². The van der Waals surface area contributed by atoms with E-state index in [0.29, 0.717) is 5.41 Å². The van der Waals surface area contributed by atoms with Gasteiger partial charge in [-0.05, 0) is 50.9 Å². The molecular weight excluding hydrogens is 172 g/mol. The maximum atomic E-state index is 5.70. The molecule has 86 valence electrons. The summed E-state index contributed by atoms with van der Waals surface area (Å²) in [5.41, 5.74) is 6.03. The molecular formula is C12H28N2. The lowest BCUT2D eigenvalue weighted by atomic mass is 9.88. The number of hydrogen-bond donors (Lipinski definition) is 1. The van der Waals surface area contributed by atoms with E-state index < -0.39 is 0 Å². The highest BCUT2D eigenvalue weighted by atomic mass is 15.1. The van der Waals surface area contributed by atoms with Gasteiger partial charge in [-0.3, -0.25) is 0 Å². The molecule has 0 aromatic rings. The van der Waals surface area contributed by atoms with Crippen molar-refractivity contribution in [1.82, 2.24) is 4.90 Å². The van der Waals surface area contributed by atoms with Crippen LogP contribution in [-0.4, -0.2) is 31.1 Å². The van der Waals surface area contributed by atoms with Crippen molar-refractivity contribution in [2.45, 2.75) is 47.0 Å². The quantitative estimate of drug-likeness (QED) is 0.652. The fourth-order valence-corrected chi connectivity index (χ4v) is 1.63. The zero-order valence-electron chi connectivity index (χ0n) is 10.5. The van der Waals surface area contributed by atoms with Gasteiger partial charge < -0.3 is 10.6 Å². The molecule has 2 nitrogen and oxygen atoms in total. The molecule has 0 unspecified atom stereocenters. The minimum Gasteiger partial charge on any atom is -0.330 e. The lowest BCUT2D eigenvalue weighted by Crippen LogP contribution is -2.28. The third-order valence-corrected chi connectivity index (χ3v) is 2.87. The maximum Gasteiger partial charge on any atom is -0.00186 e. The summed E-state index contributed by atoms with van der Waals surface area (Å²) in [5.74, 6) is 0. The van der Waals surface area contributed by atoms with E-state index in [2.05, 4.69) is 32.6 Å². The van der Waals surface area contributed by atoms with Gasteiger partial charge in [0.15, 0.2) is 0 Å². The standard InChI is InChI=1S/C12H28N2/c1-5-9-14(6-2)10-7-8-12(3,4)11-13/h5-11,13H2,1-4H3. The minimum absolute atomic E-state index is 0.325. The predicted octanol–water partition coefficient (Wildman–Crippen LogP) is 2.48. The Balaban J connectivity index is 3.60.